The molecule has 17 heavy (non-hydrogen) atoms. The molecule has 2 heterocycles. The van der Waals surface area contributed by atoms with Crippen LogP contribution in [-0.4, -0.2) is 52.0 Å². The van der Waals surface area contributed by atoms with Crippen LogP contribution in [0.3, 0.4) is 0 Å². The number of rotatable bonds is 2. The standard InChI is InChI=1S/C9H15N3O.2CH4O/c1-12-9(4-5-10-12)8-3-2-7(6-13)11-8;2*1-2/h4-5,7-8,11,13H,2-3,6H2,1H3;2*2H,1H3/t7-,8+;;/m0../s1. The van der Waals surface area contributed by atoms with Crippen LogP contribution >= 0.6 is 0 Å². The monoisotopic (exact) mass is 245 g/mol. The molecule has 1 aliphatic rings. The average Bonchev–Trinajstić information content (AvgIpc) is 3.02. The summed E-state index contributed by atoms with van der Waals surface area (Å²) in [6, 6.07) is 2.65. The van der Waals surface area contributed by atoms with Crippen molar-refractivity contribution in [3.05, 3.63) is 18.0 Å². The van der Waals surface area contributed by atoms with Crippen molar-refractivity contribution in [3.63, 3.8) is 0 Å². The van der Waals surface area contributed by atoms with Gasteiger partial charge in [-0.1, -0.05) is 0 Å². The highest BCUT2D eigenvalue weighted by Gasteiger charge is 2.25. The van der Waals surface area contributed by atoms with Crippen LogP contribution < -0.4 is 5.32 Å². The zero-order chi connectivity index (χ0) is 13.3. The lowest BCUT2D eigenvalue weighted by molar-refractivity contribution is 0.251. The Bertz CT molecular complexity index is 291. The molecule has 0 amide bonds. The minimum atomic E-state index is 0.231. The summed E-state index contributed by atoms with van der Waals surface area (Å²) in [4.78, 5) is 0. The van der Waals surface area contributed by atoms with Crippen molar-refractivity contribution in [3.8, 4) is 0 Å². The van der Waals surface area contributed by atoms with Gasteiger partial charge in [0.25, 0.3) is 0 Å². The van der Waals surface area contributed by atoms with Gasteiger partial charge in [-0.25, -0.2) is 0 Å². The normalized spacial score (nSPS) is 22.2. The third-order valence-electron chi connectivity index (χ3n) is 2.68. The molecule has 0 unspecified atom stereocenters. The maximum atomic E-state index is 8.97. The zero-order valence-corrected chi connectivity index (χ0v) is 10.7. The lowest BCUT2D eigenvalue weighted by Gasteiger charge is -2.12. The number of hydrogen-bond acceptors (Lipinski definition) is 5. The van der Waals surface area contributed by atoms with Gasteiger partial charge in [-0.2, -0.15) is 5.10 Å². The van der Waals surface area contributed by atoms with E-state index in [1.54, 1.807) is 0 Å². The zero-order valence-electron chi connectivity index (χ0n) is 10.7. The van der Waals surface area contributed by atoms with Gasteiger partial charge in [0, 0.05) is 39.5 Å². The Morgan fingerprint density at radius 1 is 1.35 bits per heavy atom. The predicted octanol–water partition coefficient (Wildman–Crippen LogP) is -0.578. The first-order valence-electron chi connectivity index (χ1n) is 5.55. The number of aliphatic hydroxyl groups is 3. The predicted molar refractivity (Wildman–Crippen MR) is 65.5 cm³/mol. The van der Waals surface area contributed by atoms with E-state index in [1.807, 2.05) is 24.0 Å². The van der Waals surface area contributed by atoms with Crippen LogP contribution in [0.15, 0.2) is 12.3 Å². The first-order chi connectivity index (χ1) is 8.31. The van der Waals surface area contributed by atoms with Gasteiger partial charge < -0.3 is 20.6 Å². The molecule has 6 heteroatoms. The second-order valence-electron chi connectivity index (χ2n) is 3.56. The molecule has 0 aromatic carbocycles. The third kappa shape index (κ3) is 4.43. The summed E-state index contributed by atoms with van der Waals surface area (Å²) in [5.41, 5.74) is 1.20. The molecule has 4 N–H and O–H groups in total. The smallest absolute Gasteiger partial charge is 0.0584 e. The van der Waals surface area contributed by atoms with Crippen LogP contribution in [0.2, 0.25) is 0 Å². The number of nitrogens with zero attached hydrogens (tertiary/aromatic N) is 2. The fourth-order valence-electron chi connectivity index (χ4n) is 1.92. The largest absolute Gasteiger partial charge is 0.400 e. The van der Waals surface area contributed by atoms with Crippen LogP contribution in [0, 0.1) is 0 Å². The van der Waals surface area contributed by atoms with E-state index in [2.05, 4.69) is 10.4 Å². The maximum Gasteiger partial charge on any atom is 0.0584 e. The molecular weight excluding hydrogens is 222 g/mol. The summed E-state index contributed by atoms with van der Waals surface area (Å²) in [5, 5.41) is 30.5. The molecule has 6 nitrogen and oxygen atoms in total. The van der Waals surface area contributed by atoms with E-state index in [1.165, 1.54) is 5.69 Å². The van der Waals surface area contributed by atoms with Crippen LogP contribution in [0.5, 0.6) is 0 Å². The highest BCUT2D eigenvalue weighted by molar-refractivity contribution is 5.09. The molecule has 0 spiro atoms. The number of aliphatic hydroxyl groups excluding tert-OH is 3. The minimum Gasteiger partial charge on any atom is -0.400 e. The minimum absolute atomic E-state index is 0.231. The summed E-state index contributed by atoms with van der Waals surface area (Å²) in [7, 11) is 3.95. The highest BCUT2D eigenvalue weighted by Crippen LogP contribution is 2.25. The second-order valence-corrected chi connectivity index (χ2v) is 3.56. The number of nitrogens with one attached hydrogen (secondary N) is 1. The van der Waals surface area contributed by atoms with E-state index in [4.69, 9.17) is 15.3 Å². The average molecular weight is 245 g/mol. The van der Waals surface area contributed by atoms with Gasteiger partial charge in [0.15, 0.2) is 0 Å². The lowest BCUT2D eigenvalue weighted by Crippen LogP contribution is -2.28. The van der Waals surface area contributed by atoms with Gasteiger partial charge in [-0.05, 0) is 18.9 Å². The van der Waals surface area contributed by atoms with Gasteiger partial charge in [-0.15, -0.1) is 0 Å². The number of aromatic nitrogens is 2. The van der Waals surface area contributed by atoms with E-state index in [-0.39, 0.29) is 12.6 Å². The quantitative estimate of drug-likeness (QED) is 0.560. The second kappa shape index (κ2) is 9.12. The molecule has 100 valence electrons. The fourth-order valence-corrected chi connectivity index (χ4v) is 1.92. The Labute approximate surface area is 102 Å². The maximum absolute atomic E-state index is 8.97. The van der Waals surface area contributed by atoms with Crippen molar-refractivity contribution in [2.24, 2.45) is 7.05 Å². The summed E-state index contributed by atoms with van der Waals surface area (Å²) >= 11 is 0. The van der Waals surface area contributed by atoms with Crippen LogP contribution in [0.4, 0.5) is 0 Å². The van der Waals surface area contributed by atoms with Gasteiger partial charge in [0.2, 0.25) is 0 Å². The number of aryl methyl sites for hydroxylation is 1. The van der Waals surface area contributed by atoms with Crippen molar-refractivity contribution in [1.29, 1.82) is 0 Å². The lowest BCUT2D eigenvalue weighted by atomic mass is 10.1. The molecule has 1 fully saturated rings. The van der Waals surface area contributed by atoms with Crippen molar-refractivity contribution < 1.29 is 15.3 Å². The van der Waals surface area contributed by atoms with Crippen LogP contribution in [-0.2, 0) is 7.05 Å². The molecule has 1 aromatic heterocycles. The van der Waals surface area contributed by atoms with Gasteiger partial charge in [-0.3, -0.25) is 4.68 Å². The molecule has 1 aromatic rings. The summed E-state index contributed by atoms with van der Waals surface area (Å²) in [6.07, 6.45) is 3.94. The Morgan fingerprint density at radius 2 is 2.00 bits per heavy atom. The molecule has 2 atom stereocenters. The number of hydrogen-bond donors (Lipinski definition) is 4. The summed E-state index contributed by atoms with van der Waals surface area (Å²) in [6.45, 7) is 0.231. The molecule has 2 rings (SSSR count). The van der Waals surface area contributed by atoms with Gasteiger partial charge in [0.05, 0.1) is 12.3 Å². The SMILES string of the molecule is CO.CO.Cn1nccc1[C@H]1CC[C@@H](CO)N1. The third-order valence-corrected chi connectivity index (χ3v) is 2.68. The van der Waals surface area contributed by atoms with Crippen LogP contribution in [0.25, 0.3) is 0 Å². The van der Waals surface area contributed by atoms with Gasteiger partial charge in [0.1, 0.15) is 0 Å². The topological polar surface area (TPSA) is 90.5 Å². The Hall–Kier alpha value is -0.950. The van der Waals surface area contributed by atoms with Crippen molar-refractivity contribution in [1.82, 2.24) is 15.1 Å². The first-order valence-corrected chi connectivity index (χ1v) is 5.55. The van der Waals surface area contributed by atoms with Gasteiger partial charge >= 0.3 is 0 Å². The summed E-state index contributed by atoms with van der Waals surface area (Å²) < 4.78 is 1.89. The highest BCUT2D eigenvalue weighted by atomic mass is 16.3. The fraction of sp³-hybridized carbons (Fsp3) is 0.727. The molecule has 0 aliphatic carbocycles. The van der Waals surface area contributed by atoms with Crippen molar-refractivity contribution in [2.75, 3.05) is 20.8 Å². The van der Waals surface area contributed by atoms with Crippen molar-refractivity contribution in [2.45, 2.75) is 24.9 Å². The van der Waals surface area contributed by atoms with E-state index >= 15 is 0 Å². The van der Waals surface area contributed by atoms with Crippen LogP contribution in [0.1, 0.15) is 24.6 Å². The summed E-state index contributed by atoms with van der Waals surface area (Å²) in [5.74, 6) is 0. The first kappa shape index (κ1) is 16.1. The molecule has 0 radical (unpaired) electrons. The van der Waals surface area contributed by atoms with E-state index in [9.17, 15) is 0 Å². The molecule has 1 aliphatic heterocycles. The molecular formula is C11H23N3O3. The molecule has 0 bridgehead atoms. The van der Waals surface area contributed by atoms with Crippen molar-refractivity contribution >= 4 is 0 Å². The van der Waals surface area contributed by atoms with E-state index in [0.717, 1.165) is 27.1 Å². The van der Waals surface area contributed by atoms with E-state index < -0.39 is 0 Å². The molecule has 0 saturated carbocycles. The van der Waals surface area contributed by atoms with E-state index in [0.29, 0.717) is 6.04 Å². The Kier molecular flexibility index (Phi) is 8.61. The molecule has 1 saturated heterocycles. The Morgan fingerprint density at radius 3 is 2.41 bits per heavy atom. The Balaban J connectivity index is 0.000000581.